The van der Waals surface area contributed by atoms with Crippen molar-refractivity contribution in [3.63, 3.8) is 0 Å². The van der Waals surface area contributed by atoms with Crippen LogP contribution in [0.2, 0.25) is 5.02 Å². The summed E-state index contributed by atoms with van der Waals surface area (Å²) in [6.45, 7) is -0.0433. The highest BCUT2D eigenvalue weighted by Gasteiger charge is 2.38. The van der Waals surface area contributed by atoms with Crippen LogP contribution in [0.4, 0.5) is 26.3 Å². The first-order valence-electron chi connectivity index (χ1n) is 7.77. The molecule has 1 aromatic carbocycles. The van der Waals surface area contributed by atoms with Crippen LogP contribution in [0.15, 0.2) is 24.4 Å². The normalized spacial score (nSPS) is 12.4. The molecule has 150 valence electrons. The lowest BCUT2D eigenvalue weighted by Crippen LogP contribution is -2.12. The Morgan fingerprint density at radius 1 is 1.04 bits per heavy atom. The largest absolute Gasteiger partial charge is 0.477 e. The van der Waals surface area contributed by atoms with Gasteiger partial charge >= 0.3 is 12.4 Å². The average Bonchev–Trinajstić information content (AvgIpc) is 2.98. The highest BCUT2D eigenvalue weighted by atomic mass is 79.9. The highest BCUT2D eigenvalue weighted by molar-refractivity contribution is 9.09. The maximum Gasteiger partial charge on any atom is 0.423 e. The van der Waals surface area contributed by atoms with Gasteiger partial charge in [-0.25, -0.2) is 0 Å². The monoisotopic (exact) mass is 478 g/mol. The minimum Gasteiger partial charge on any atom is -0.477 e. The number of rotatable bonds is 7. The first-order valence-corrected chi connectivity index (χ1v) is 9.26. The third kappa shape index (κ3) is 5.54. The van der Waals surface area contributed by atoms with Gasteiger partial charge in [0, 0.05) is 5.33 Å². The molecule has 0 N–H and O–H groups in total. The fraction of sp³-hybridized carbons (Fsp3) is 0.438. The summed E-state index contributed by atoms with van der Waals surface area (Å²) in [6.07, 6.45) is -6.96. The van der Waals surface area contributed by atoms with E-state index in [0.717, 1.165) is 23.9 Å². The van der Waals surface area contributed by atoms with Crippen molar-refractivity contribution in [1.82, 2.24) is 9.78 Å². The molecule has 3 nitrogen and oxygen atoms in total. The molecule has 0 spiro atoms. The molecule has 0 fully saturated rings. The number of ether oxygens (including phenoxy) is 1. The molecule has 0 bridgehead atoms. The maximum atomic E-state index is 13.2. The minimum atomic E-state index is -4.78. The molecule has 0 unspecified atom stereocenters. The lowest BCUT2D eigenvalue weighted by Gasteiger charge is -2.15. The zero-order valence-corrected chi connectivity index (χ0v) is 16.0. The highest BCUT2D eigenvalue weighted by Crippen LogP contribution is 2.39. The first kappa shape index (κ1) is 21.9. The van der Waals surface area contributed by atoms with Gasteiger partial charge in [0.25, 0.3) is 0 Å². The molecule has 1 heterocycles. The number of nitrogens with zero attached hydrogens (tertiary/aromatic N) is 2. The van der Waals surface area contributed by atoms with Crippen molar-refractivity contribution in [3.05, 3.63) is 40.5 Å². The van der Waals surface area contributed by atoms with Crippen LogP contribution in [-0.2, 0) is 12.4 Å². The van der Waals surface area contributed by atoms with Gasteiger partial charge in [-0.3, -0.25) is 0 Å². The van der Waals surface area contributed by atoms with Gasteiger partial charge in [-0.15, -0.1) is 0 Å². The van der Waals surface area contributed by atoms with E-state index in [1.165, 1.54) is 0 Å². The van der Waals surface area contributed by atoms with E-state index in [-0.39, 0.29) is 17.3 Å². The summed E-state index contributed by atoms with van der Waals surface area (Å²) in [6, 6.07) is 2.32. The van der Waals surface area contributed by atoms with Crippen molar-refractivity contribution in [3.8, 4) is 11.6 Å². The van der Waals surface area contributed by atoms with E-state index in [1.54, 1.807) is 0 Å². The van der Waals surface area contributed by atoms with Crippen molar-refractivity contribution in [2.45, 2.75) is 31.6 Å². The second-order valence-corrected chi connectivity index (χ2v) is 6.74. The standard InChI is InChI=1S/C16H14BrClF6N2O/c17-6-2-1-3-7-27-14-11(16(22,23)24)9-25-26(14)13-8-10(15(19,20)21)4-5-12(13)18/h4-5,8-9H,1-3,6-7H2. The van der Waals surface area contributed by atoms with Gasteiger partial charge < -0.3 is 4.74 Å². The Balaban J connectivity index is 2.43. The smallest absolute Gasteiger partial charge is 0.423 e. The number of hydrogen-bond donors (Lipinski definition) is 0. The van der Waals surface area contributed by atoms with Crippen LogP contribution >= 0.6 is 27.5 Å². The summed E-state index contributed by atoms with van der Waals surface area (Å²) >= 11 is 9.15. The summed E-state index contributed by atoms with van der Waals surface area (Å²) in [5.41, 5.74) is -2.59. The van der Waals surface area contributed by atoms with E-state index >= 15 is 0 Å². The SMILES string of the molecule is FC(F)(F)c1ccc(Cl)c(-n2ncc(C(F)(F)F)c2OCCCCCBr)c1. The third-order valence-corrected chi connectivity index (χ3v) is 4.43. The van der Waals surface area contributed by atoms with Crippen LogP contribution in [0, 0.1) is 0 Å². The van der Waals surface area contributed by atoms with Crippen LogP contribution in [0.3, 0.4) is 0 Å². The zero-order valence-electron chi connectivity index (χ0n) is 13.7. The quantitative estimate of drug-likeness (QED) is 0.257. The fourth-order valence-electron chi connectivity index (χ4n) is 2.24. The number of benzene rings is 1. The molecule has 0 saturated heterocycles. The van der Waals surface area contributed by atoms with Crippen LogP contribution in [0.5, 0.6) is 5.88 Å². The predicted molar refractivity (Wildman–Crippen MR) is 91.7 cm³/mol. The van der Waals surface area contributed by atoms with Gasteiger partial charge in [0.1, 0.15) is 5.56 Å². The summed E-state index contributed by atoms with van der Waals surface area (Å²) in [5, 5.41) is 4.12. The lowest BCUT2D eigenvalue weighted by atomic mass is 10.2. The number of hydrogen-bond acceptors (Lipinski definition) is 2. The average molecular weight is 480 g/mol. The van der Waals surface area contributed by atoms with Gasteiger partial charge in [0.05, 0.1) is 29.1 Å². The lowest BCUT2D eigenvalue weighted by molar-refractivity contribution is -0.139. The van der Waals surface area contributed by atoms with Gasteiger partial charge in [-0.1, -0.05) is 27.5 Å². The zero-order chi connectivity index (χ0) is 20.2. The Kier molecular flexibility index (Phi) is 7.07. The van der Waals surface area contributed by atoms with Crippen molar-refractivity contribution in [2.24, 2.45) is 0 Å². The van der Waals surface area contributed by atoms with Gasteiger partial charge in [0.15, 0.2) is 0 Å². The molecule has 0 atom stereocenters. The molecule has 0 aliphatic rings. The summed E-state index contributed by atoms with van der Waals surface area (Å²) in [5.74, 6) is -0.692. The maximum absolute atomic E-state index is 13.2. The van der Waals surface area contributed by atoms with Crippen LogP contribution in [-0.4, -0.2) is 21.7 Å². The molecule has 0 aliphatic heterocycles. The van der Waals surface area contributed by atoms with Gasteiger partial charge in [-0.2, -0.15) is 36.1 Å². The van der Waals surface area contributed by atoms with Gasteiger partial charge in [0.2, 0.25) is 5.88 Å². The first-order chi connectivity index (χ1) is 12.6. The predicted octanol–water partition coefficient (Wildman–Crippen LogP) is 6.51. The minimum absolute atomic E-state index is 0.0433. The molecule has 0 amide bonds. The van der Waals surface area contributed by atoms with E-state index in [1.807, 2.05) is 0 Å². The molecular weight excluding hydrogens is 466 g/mol. The molecular formula is C16H14BrClF6N2O. The molecule has 1 aromatic heterocycles. The van der Waals surface area contributed by atoms with Crippen molar-refractivity contribution in [1.29, 1.82) is 0 Å². The Morgan fingerprint density at radius 3 is 2.33 bits per heavy atom. The second-order valence-electron chi connectivity index (χ2n) is 5.54. The Hall–Kier alpha value is -1.42. The second kappa shape index (κ2) is 8.72. The molecule has 0 aliphatic carbocycles. The third-order valence-electron chi connectivity index (χ3n) is 3.55. The van der Waals surface area contributed by atoms with Crippen LogP contribution < -0.4 is 4.74 Å². The van der Waals surface area contributed by atoms with Crippen molar-refractivity contribution in [2.75, 3.05) is 11.9 Å². The van der Waals surface area contributed by atoms with Crippen molar-refractivity contribution < 1.29 is 31.1 Å². The molecule has 0 saturated carbocycles. The van der Waals surface area contributed by atoms with E-state index < -0.39 is 29.4 Å². The van der Waals surface area contributed by atoms with E-state index in [0.29, 0.717) is 29.8 Å². The van der Waals surface area contributed by atoms with Gasteiger partial charge in [-0.05, 0) is 37.5 Å². The fourth-order valence-corrected chi connectivity index (χ4v) is 2.83. The number of alkyl halides is 7. The van der Waals surface area contributed by atoms with E-state index in [2.05, 4.69) is 21.0 Å². The van der Waals surface area contributed by atoms with E-state index in [9.17, 15) is 26.3 Å². The number of unbranched alkanes of at least 4 members (excludes halogenated alkanes) is 2. The van der Waals surface area contributed by atoms with Crippen molar-refractivity contribution >= 4 is 27.5 Å². The van der Waals surface area contributed by atoms with E-state index in [4.69, 9.17) is 16.3 Å². The molecule has 2 rings (SSSR count). The molecule has 11 heteroatoms. The molecule has 2 aromatic rings. The van der Waals surface area contributed by atoms with Crippen LogP contribution in [0.25, 0.3) is 5.69 Å². The summed E-state index contributed by atoms with van der Waals surface area (Å²) in [7, 11) is 0. The Morgan fingerprint density at radius 2 is 1.74 bits per heavy atom. The van der Waals surface area contributed by atoms with Crippen LogP contribution in [0.1, 0.15) is 30.4 Å². The number of halogens is 8. The topological polar surface area (TPSA) is 27.1 Å². The molecule has 27 heavy (non-hydrogen) atoms. The summed E-state index contributed by atoms with van der Waals surface area (Å²) in [4.78, 5) is 0. The molecule has 0 radical (unpaired) electrons. The summed E-state index contributed by atoms with van der Waals surface area (Å²) < 4.78 is 84.4. The Bertz CT molecular complexity index is 775. The Labute approximate surface area is 164 Å². The number of aromatic nitrogens is 2.